The number of phenolic OH excluding ortho intramolecular Hbond substituents is 1. The Balaban J connectivity index is 2.21. The van der Waals surface area contributed by atoms with Gasteiger partial charge < -0.3 is 14.9 Å². The summed E-state index contributed by atoms with van der Waals surface area (Å²) in [5, 5.41) is 17.2. The lowest BCUT2D eigenvalue weighted by Crippen LogP contribution is -2.08. The summed E-state index contributed by atoms with van der Waals surface area (Å²) in [6.07, 6.45) is 1.88. The minimum Gasteiger partial charge on any atom is -0.508 e. The summed E-state index contributed by atoms with van der Waals surface area (Å²) in [5.41, 5.74) is 0.717. The largest absolute Gasteiger partial charge is 0.508 e. The van der Waals surface area contributed by atoms with Gasteiger partial charge in [0.1, 0.15) is 17.0 Å². The molecule has 0 bridgehead atoms. The summed E-state index contributed by atoms with van der Waals surface area (Å²) < 4.78 is 5.23. The van der Waals surface area contributed by atoms with Crippen molar-refractivity contribution in [1.29, 1.82) is 0 Å². The Kier molecular flexibility index (Phi) is 2.87. The van der Waals surface area contributed by atoms with Crippen LogP contribution in [0.1, 0.15) is 12.2 Å². The molecule has 1 aromatic heterocycles. The highest BCUT2D eigenvalue weighted by molar-refractivity contribution is 5.81. The van der Waals surface area contributed by atoms with Gasteiger partial charge in [0.25, 0.3) is 0 Å². The summed E-state index contributed by atoms with van der Waals surface area (Å²) in [6, 6.07) is 5.11. The highest BCUT2D eigenvalue weighted by atomic mass is 16.5. The topological polar surface area (TPSA) is 58.3 Å². The molecular formula is C11H14N2O2. The predicted octanol–water partition coefficient (Wildman–Crippen LogP) is 1.69. The van der Waals surface area contributed by atoms with Gasteiger partial charge in [0.05, 0.1) is 0 Å². The van der Waals surface area contributed by atoms with Crippen LogP contribution in [0.25, 0.3) is 10.9 Å². The predicted molar refractivity (Wildman–Crippen MR) is 57.9 cm³/mol. The first-order chi connectivity index (χ1) is 7.31. The van der Waals surface area contributed by atoms with Crippen LogP contribution in [-0.2, 0) is 6.42 Å². The van der Waals surface area contributed by atoms with Crippen LogP contribution in [0.5, 0.6) is 5.75 Å². The molecule has 4 nitrogen and oxygen atoms in total. The van der Waals surface area contributed by atoms with Crippen LogP contribution < -0.4 is 5.32 Å². The van der Waals surface area contributed by atoms with Crippen LogP contribution >= 0.6 is 0 Å². The third-order valence-corrected chi connectivity index (χ3v) is 2.37. The molecule has 2 N–H and O–H groups in total. The van der Waals surface area contributed by atoms with Gasteiger partial charge in [0.15, 0.2) is 0 Å². The van der Waals surface area contributed by atoms with Crippen LogP contribution in [0.15, 0.2) is 22.7 Å². The Morgan fingerprint density at radius 3 is 3.13 bits per heavy atom. The summed E-state index contributed by atoms with van der Waals surface area (Å²) in [5.74, 6) is 1.11. The van der Waals surface area contributed by atoms with E-state index in [9.17, 15) is 5.11 Å². The molecule has 1 heterocycles. The molecule has 0 fully saturated rings. The summed E-state index contributed by atoms with van der Waals surface area (Å²) in [4.78, 5) is 0. The van der Waals surface area contributed by atoms with Gasteiger partial charge in [-0.3, -0.25) is 0 Å². The molecule has 0 aliphatic heterocycles. The van der Waals surface area contributed by atoms with Crippen molar-refractivity contribution in [3.05, 3.63) is 24.0 Å². The minimum absolute atomic E-state index is 0.220. The zero-order valence-electron chi connectivity index (χ0n) is 8.66. The molecule has 15 heavy (non-hydrogen) atoms. The Morgan fingerprint density at radius 2 is 2.33 bits per heavy atom. The maximum Gasteiger partial charge on any atom is 0.144 e. The van der Waals surface area contributed by atoms with Crippen molar-refractivity contribution in [2.45, 2.75) is 12.8 Å². The molecule has 0 amide bonds. The van der Waals surface area contributed by atoms with Crippen molar-refractivity contribution < 1.29 is 9.63 Å². The standard InChI is InChI=1S/C11H14N2O2/c1-12-6-2-3-11-9-5-4-8(14)7-10(9)13-15-11/h4-5,7,12,14H,2-3,6H2,1H3. The number of fused-ring (bicyclic) bond motifs is 1. The smallest absolute Gasteiger partial charge is 0.144 e. The fraction of sp³-hybridized carbons (Fsp3) is 0.364. The first kappa shape index (κ1) is 9.98. The van der Waals surface area contributed by atoms with Crippen LogP contribution in [0.4, 0.5) is 0 Å². The van der Waals surface area contributed by atoms with E-state index in [1.807, 2.05) is 13.1 Å². The third kappa shape index (κ3) is 2.10. The molecular weight excluding hydrogens is 192 g/mol. The second-order valence-corrected chi connectivity index (χ2v) is 3.51. The average Bonchev–Trinajstić information content (AvgIpc) is 2.61. The van der Waals surface area contributed by atoms with E-state index in [-0.39, 0.29) is 5.75 Å². The highest BCUT2D eigenvalue weighted by Gasteiger charge is 2.07. The number of phenols is 1. The third-order valence-electron chi connectivity index (χ3n) is 2.37. The first-order valence-electron chi connectivity index (χ1n) is 5.03. The van der Waals surface area contributed by atoms with E-state index in [0.29, 0.717) is 0 Å². The van der Waals surface area contributed by atoms with E-state index >= 15 is 0 Å². The van der Waals surface area contributed by atoms with Gasteiger partial charge in [-0.2, -0.15) is 0 Å². The fourth-order valence-electron chi connectivity index (χ4n) is 1.59. The first-order valence-corrected chi connectivity index (χ1v) is 5.03. The van der Waals surface area contributed by atoms with Gasteiger partial charge in [-0.25, -0.2) is 0 Å². The van der Waals surface area contributed by atoms with Crippen LogP contribution in [-0.4, -0.2) is 23.9 Å². The average molecular weight is 206 g/mol. The molecule has 0 saturated carbocycles. The van der Waals surface area contributed by atoms with E-state index in [1.54, 1.807) is 12.1 Å². The lowest BCUT2D eigenvalue weighted by atomic mass is 10.1. The highest BCUT2D eigenvalue weighted by Crippen LogP contribution is 2.23. The van der Waals surface area contributed by atoms with Crippen LogP contribution in [0, 0.1) is 0 Å². The maximum absolute atomic E-state index is 9.26. The zero-order chi connectivity index (χ0) is 10.7. The molecule has 0 atom stereocenters. The van der Waals surface area contributed by atoms with Crippen molar-refractivity contribution >= 4 is 10.9 Å². The van der Waals surface area contributed by atoms with Crippen LogP contribution in [0.3, 0.4) is 0 Å². The van der Waals surface area contributed by atoms with Crippen LogP contribution in [0.2, 0.25) is 0 Å². The van der Waals surface area contributed by atoms with Gasteiger partial charge in [0, 0.05) is 17.9 Å². The molecule has 4 heteroatoms. The van der Waals surface area contributed by atoms with Gasteiger partial charge in [-0.15, -0.1) is 0 Å². The Bertz CT molecular complexity index is 451. The number of nitrogens with zero attached hydrogens (tertiary/aromatic N) is 1. The molecule has 0 spiro atoms. The number of aromatic nitrogens is 1. The summed E-state index contributed by atoms with van der Waals surface area (Å²) in [7, 11) is 1.93. The number of aromatic hydroxyl groups is 1. The van der Waals surface area contributed by atoms with Gasteiger partial charge in [-0.05, 0) is 32.1 Å². The quantitative estimate of drug-likeness (QED) is 0.747. The Labute approximate surface area is 87.9 Å². The second kappa shape index (κ2) is 4.31. The molecule has 0 aliphatic rings. The molecule has 0 radical (unpaired) electrons. The number of aryl methyl sites for hydroxylation is 1. The SMILES string of the molecule is CNCCCc1onc2cc(O)ccc12. The normalized spacial score (nSPS) is 11.0. The fourth-order valence-corrected chi connectivity index (χ4v) is 1.59. The van der Waals surface area contributed by atoms with Gasteiger partial charge >= 0.3 is 0 Å². The molecule has 2 aromatic rings. The second-order valence-electron chi connectivity index (χ2n) is 3.51. The van der Waals surface area contributed by atoms with Crippen molar-refractivity contribution in [3.63, 3.8) is 0 Å². The molecule has 1 aromatic carbocycles. The summed E-state index contributed by atoms with van der Waals surface area (Å²) in [6.45, 7) is 0.959. The van der Waals surface area contributed by atoms with E-state index in [1.165, 1.54) is 0 Å². The van der Waals surface area contributed by atoms with E-state index in [2.05, 4.69) is 10.5 Å². The van der Waals surface area contributed by atoms with Crippen molar-refractivity contribution in [3.8, 4) is 5.75 Å². The number of benzene rings is 1. The van der Waals surface area contributed by atoms with Gasteiger partial charge in [-0.1, -0.05) is 5.16 Å². The lowest BCUT2D eigenvalue weighted by Gasteiger charge is -1.96. The van der Waals surface area contributed by atoms with E-state index < -0.39 is 0 Å². The zero-order valence-corrected chi connectivity index (χ0v) is 8.66. The lowest BCUT2D eigenvalue weighted by molar-refractivity contribution is 0.387. The molecule has 0 aliphatic carbocycles. The minimum atomic E-state index is 0.220. The molecule has 80 valence electrons. The number of hydrogen-bond acceptors (Lipinski definition) is 4. The van der Waals surface area contributed by atoms with Crippen molar-refractivity contribution in [2.24, 2.45) is 0 Å². The Hall–Kier alpha value is -1.55. The van der Waals surface area contributed by atoms with E-state index in [4.69, 9.17) is 4.52 Å². The number of hydrogen-bond donors (Lipinski definition) is 2. The number of nitrogens with one attached hydrogen (secondary N) is 1. The molecule has 2 rings (SSSR count). The summed E-state index contributed by atoms with van der Waals surface area (Å²) >= 11 is 0. The maximum atomic E-state index is 9.26. The van der Waals surface area contributed by atoms with Crippen molar-refractivity contribution in [2.75, 3.05) is 13.6 Å². The van der Waals surface area contributed by atoms with Crippen molar-refractivity contribution in [1.82, 2.24) is 10.5 Å². The number of rotatable bonds is 4. The molecule has 0 unspecified atom stereocenters. The van der Waals surface area contributed by atoms with E-state index in [0.717, 1.165) is 36.0 Å². The monoisotopic (exact) mass is 206 g/mol. The molecule has 0 saturated heterocycles. The Morgan fingerprint density at radius 1 is 1.47 bits per heavy atom. The van der Waals surface area contributed by atoms with Gasteiger partial charge in [0.2, 0.25) is 0 Å².